The molecule has 3 heterocycles. The number of piperidine rings is 1. The molecule has 3 aromatic rings. The second-order valence-corrected chi connectivity index (χ2v) is 9.47. The summed E-state index contributed by atoms with van der Waals surface area (Å²) < 4.78 is 13.3. The number of benzene rings is 2. The Morgan fingerprint density at radius 1 is 1.08 bits per heavy atom. The van der Waals surface area contributed by atoms with Crippen LogP contribution in [0.3, 0.4) is 0 Å². The zero-order valence-electron chi connectivity index (χ0n) is 20.7. The number of rotatable bonds is 6. The highest BCUT2D eigenvalue weighted by Crippen LogP contribution is 2.30. The van der Waals surface area contributed by atoms with Gasteiger partial charge in [-0.15, -0.1) is 0 Å². The topological polar surface area (TPSA) is 85.7 Å². The summed E-state index contributed by atoms with van der Waals surface area (Å²) in [4.78, 5) is 32.3. The summed E-state index contributed by atoms with van der Waals surface area (Å²) in [5.74, 6) is 0.671. The van der Waals surface area contributed by atoms with Crippen molar-refractivity contribution in [1.82, 2.24) is 19.8 Å². The van der Waals surface area contributed by atoms with Crippen LogP contribution in [0.1, 0.15) is 59.2 Å². The van der Waals surface area contributed by atoms with Crippen LogP contribution in [-0.4, -0.2) is 46.5 Å². The fourth-order valence-corrected chi connectivity index (χ4v) is 4.98. The number of carbonyl (C=O) groups excluding carboxylic acids is 2. The van der Waals surface area contributed by atoms with Gasteiger partial charge in [-0.3, -0.25) is 9.59 Å². The van der Waals surface area contributed by atoms with Crippen LogP contribution in [0.5, 0.6) is 5.75 Å². The highest BCUT2D eigenvalue weighted by atomic mass is 16.5. The summed E-state index contributed by atoms with van der Waals surface area (Å²) in [6.45, 7) is 4.00. The van der Waals surface area contributed by atoms with Crippen LogP contribution >= 0.6 is 0 Å². The van der Waals surface area contributed by atoms with Gasteiger partial charge in [0.15, 0.2) is 5.69 Å². The largest absolute Gasteiger partial charge is 0.497 e. The van der Waals surface area contributed by atoms with Crippen LogP contribution in [0.25, 0.3) is 0 Å². The molecule has 0 spiro atoms. The average molecular weight is 489 g/mol. The van der Waals surface area contributed by atoms with Gasteiger partial charge in [0, 0.05) is 19.0 Å². The first-order valence-corrected chi connectivity index (χ1v) is 12.5. The minimum atomic E-state index is -0.104. The molecule has 188 valence electrons. The Labute approximate surface area is 211 Å². The highest BCUT2D eigenvalue weighted by Gasteiger charge is 2.32. The van der Waals surface area contributed by atoms with Crippen molar-refractivity contribution in [2.45, 2.75) is 45.1 Å². The number of hydrogen-bond acceptors (Lipinski definition) is 5. The van der Waals surface area contributed by atoms with Gasteiger partial charge in [-0.25, -0.2) is 4.98 Å². The quantitative estimate of drug-likeness (QED) is 0.569. The van der Waals surface area contributed by atoms with E-state index in [1.54, 1.807) is 13.4 Å². The Morgan fingerprint density at radius 2 is 1.81 bits per heavy atom. The molecule has 2 atom stereocenters. The van der Waals surface area contributed by atoms with Gasteiger partial charge in [-0.2, -0.15) is 0 Å². The lowest BCUT2D eigenvalue weighted by atomic mass is 9.95. The molecule has 36 heavy (non-hydrogen) atoms. The number of aromatic nitrogens is 2. The van der Waals surface area contributed by atoms with Crippen molar-refractivity contribution in [1.29, 1.82) is 0 Å². The molecule has 0 bridgehead atoms. The van der Waals surface area contributed by atoms with E-state index in [-0.39, 0.29) is 29.9 Å². The van der Waals surface area contributed by atoms with E-state index in [2.05, 4.69) is 10.3 Å². The van der Waals surface area contributed by atoms with Gasteiger partial charge in [-0.1, -0.05) is 42.5 Å². The van der Waals surface area contributed by atoms with Crippen molar-refractivity contribution in [3.05, 3.63) is 83.4 Å². The molecule has 2 aliphatic heterocycles. The molecular formula is C28H32N4O4. The first kappa shape index (κ1) is 24.1. The molecule has 0 saturated carbocycles. The van der Waals surface area contributed by atoms with E-state index in [9.17, 15) is 9.59 Å². The minimum Gasteiger partial charge on any atom is -0.497 e. The molecular weight excluding hydrogens is 456 g/mol. The van der Waals surface area contributed by atoms with Crippen molar-refractivity contribution in [3.8, 4) is 5.75 Å². The molecule has 2 aliphatic rings. The minimum absolute atomic E-state index is 0.0443. The Hall–Kier alpha value is -3.65. The molecule has 0 radical (unpaired) electrons. The standard InChI is InChI=1S/C28H32N4O4/c1-19(20-6-4-3-5-7-20)30-27(33)22-12-14-31(15-13-22)28(34)26-24-17-36-25(16-32(24)18-29-26)21-8-10-23(35-2)11-9-21/h3-11,18-19,22,25H,12-17H2,1-2H3,(H,30,33)/t19-,25+/m1/s1. The maximum Gasteiger partial charge on any atom is 0.274 e. The van der Waals surface area contributed by atoms with E-state index < -0.39 is 0 Å². The summed E-state index contributed by atoms with van der Waals surface area (Å²) in [7, 11) is 1.65. The number of carbonyl (C=O) groups is 2. The first-order valence-electron chi connectivity index (χ1n) is 12.5. The predicted molar refractivity (Wildman–Crippen MR) is 134 cm³/mol. The number of imidazole rings is 1. The van der Waals surface area contributed by atoms with Crippen molar-refractivity contribution in [2.75, 3.05) is 20.2 Å². The highest BCUT2D eigenvalue weighted by molar-refractivity contribution is 5.93. The maximum absolute atomic E-state index is 13.3. The van der Waals surface area contributed by atoms with E-state index >= 15 is 0 Å². The Kier molecular flexibility index (Phi) is 7.04. The fourth-order valence-electron chi connectivity index (χ4n) is 4.98. The molecule has 1 N–H and O–H groups in total. The third kappa shape index (κ3) is 4.99. The van der Waals surface area contributed by atoms with E-state index in [0.717, 1.165) is 22.6 Å². The average Bonchev–Trinajstić information content (AvgIpc) is 3.36. The molecule has 1 saturated heterocycles. The van der Waals surface area contributed by atoms with E-state index in [1.165, 1.54) is 0 Å². The number of nitrogens with zero attached hydrogens (tertiary/aromatic N) is 3. The van der Waals surface area contributed by atoms with Gasteiger partial charge in [0.2, 0.25) is 5.91 Å². The van der Waals surface area contributed by atoms with Gasteiger partial charge in [0.1, 0.15) is 11.9 Å². The van der Waals surface area contributed by atoms with Crippen molar-refractivity contribution >= 4 is 11.8 Å². The van der Waals surface area contributed by atoms with Crippen molar-refractivity contribution in [2.24, 2.45) is 5.92 Å². The molecule has 5 rings (SSSR count). The molecule has 1 fully saturated rings. The molecule has 2 amide bonds. The number of methoxy groups -OCH3 is 1. The van der Waals surface area contributed by atoms with Gasteiger partial charge in [0.05, 0.1) is 38.3 Å². The number of hydrogen-bond donors (Lipinski definition) is 1. The Balaban J connectivity index is 1.16. The summed E-state index contributed by atoms with van der Waals surface area (Å²) >= 11 is 0. The first-order chi connectivity index (χ1) is 17.5. The smallest absolute Gasteiger partial charge is 0.274 e. The number of likely N-dealkylation sites (tertiary alicyclic amines) is 1. The number of ether oxygens (including phenoxy) is 2. The molecule has 0 aliphatic carbocycles. The van der Waals surface area contributed by atoms with Gasteiger partial charge >= 0.3 is 0 Å². The summed E-state index contributed by atoms with van der Waals surface area (Å²) in [5, 5.41) is 3.12. The summed E-state index contributed by atoms with van der Waals surface area (Å²) in [6, 6.07) is 17.7. The van der Waals surface area contributed by atoms with Crippen LogP contribution < -0.4 is 10.1 Å². The summed E-state index contributed by atoms with van der Waals surface area (Å²) in [5.41, 5.74) is 3.40. The summed E-state index contributed by atoms with van der Waals surface area (Å²) in [6.07, 6.45) is 2.91. The third-order valence-corrected chi connectivity index (χ3v) is 7.23. The van der Waals surface area contributed by atoms with E-state index in [4.69, 9.17) is 9.47 Å². The zero-order chi connectivity index (χ0) is 25.1. The van der Waals surface area contributed by atoms with Gasteiger partial charge in [0.25, 0.3) is 5.91 Å². The Bertz CT molecular complexity index is 1200. The SMILES string of the molecule is COc1ccc([C@@H]2Cn3cnc(C(=O)N4CCC(C(=O)N[C@H](C)c5ccccc5)CC4)c3CO2)cc1. The van der Waals surface area contributed by atoms with Gasteiger partial charge < -0.3 is 24.3 Å². The molecule has 2 aromatic carbocycles. The normalized spacial score (nSPS) is 18.8. The van der Waals surface area contributed by atoms with Crippen LogP contribution in [0.15, 0.2) is 60.9 Å². The Morgan fingerprint density at radius 3 is 2.50 bits per heavy atom. The fraction of sp³-hybridized carbons (Fsp3) is 0.393. The monoisotopic (exact) mass is 488 g/mol. The number of fused-ring (bicyclic) bond motifs is 1. The zero-order valence-corrected chi connectivity index (χ0v) is 20.7. The second-order valence-electron chi connectivity index (χ2n) is 9.47. The third-order valence-electron chi connectivity index (χ3n) is 7.23. The van der Waals surface area contributed by atoms with Crippen molar-refractivity contribution < 1.29 is 19.1 Å². The van der Waals surface area contributed by atoms with Crippen molar-refractivity contribution in [3.63, 3.8) is 0 Å². The number of amides is 2. The lowest BCUT2D eigenvalue weighted by Crippen LogP contribution is -2.43. The lowest BCUT2D eigenvalue weighted by Gasteiger charge is -2.32. The van der Waals surface area contributed by atoms with E-state index in [1.807, 2.05) is 71.0 Å². The molecule has 8 nitrogen and oxygen atoms in total. The lowest BCUT2D eigenvalue weighted by molar-refractivity contribution is -0.127. The van der Waals surface area contributed by atoms with Crippen LogP contribution in [0.2, 0.25) is 0 Å². The molecule has 8 heteroatoms. The molecule has 0 unspecified atom stereocenters. The van der Waals surface area contributed by atoms with Crippen LogP contribution in [0, 0.1) is 5.92 Å². The number of nitrogens with one attached hydrogen (secondary N) is 1. The molecule has 1 aromatic heterocycles. The predicted octanol–water partition coefficient (Wildman–Crippen LogP) is 3.89. The van der Waals surface area contributed by atoms with Gasteiger partial charge in [-0.05, 0) is 43.0 Å². The van der Waals surface area contributed by atoms with Crippen LogP contribution in [-0.2, 0) is 22.7 Å². The van der Waals surface area contributed by atoms with E-state index in [0.29, 0.717) is 44.8 Å². The second kappa shape index (κ2) is 10.5. The van der Waals surface area contributed by atoms with Crippen LogP contribution in [0.4, 0.5) is 0 Å². The maximum atomic E-state index is 13.3.